The summed E-state index contributed by atoms with van der Waals surface area (Å²) in [7, 11) is 0. The Morgan fingerprint density at radius 2 is 2.14 bits per heavy atom. The van der Waals surface area contributed by atoms with Gasteiger partial charge >= 0.3 is 6.03 Å². The topological polar surface area (TPSA) is 61.4 Å². The van der Waals surface area contributed by atoms with E-state index in [9.17, 15) is 9.90 Å². The van der Waals surface area contributed by atoms with Gasteiger partial charge in [-0.3, -0.25) is 0 Å². The van der Waals surface area contributed by atoms with Crippen molar-refractivity contribution in [2.75, 3.05) is 12.4 Å². The molecule has 2 amide bonds. The lowest BCUT2D eigenvalue weighted by Crippen LogP contribution is -2.43. The highest BCUT2D eigenvalue weighted by Crippen LogP contribution is 2.29. The monoisotopic (exact) mass is 308 g/mol. The van der Waals surface area contributed by atoms with Gasteiger partial charge in [0.05, 0.1) is 12.6 Å². The van der Waals surface area contributed by atoms with E-state index in [0.717, 1.165) is 24.2 Å². The summed E-state index contributed by atoms with van der Waals surface area (Å²) in [6, 6.07) is 9.25. The number of benzene rings is 1. The molecule has 21 heavy (non-hydrogen) atoms. The Balaban J connectivity index is 1.81. The molecule has 3 atom stereocenters. The van der Waals surface area contributed by atoms with E-state index in [1.165, 1.54) is 6.42 Å². The number of thioether (sulfide) groups is 1. The normalized spacial score (nSPS) is 22.8. The van der Waals surface area contributed by atoms with Gasteiger partial charge < -0.3 is 15.7 Å². The zero-order valence-corrected chi connectivity index (χ0v) is 13.2. The predicted molar refractivity (Wildman–Crippen MR) is 87.5 cm³/mol. The summed E-state index contributed by atoms with van der Waals surface area (Å²) in [5.74, 6) is 1.13. The SMILES string of the molecule is CCS[C@@H]1CC[C@@H](NC(=O)N[C@H](CO)c2ccccc2)C1. The Kier molecular flexibility index (Phi) is 6.39. The molecule has 0 spiro atoms. The zero-order chi connectivity index (χ0) is 15.1. The molecule has 1 aromatic carbocycles. The summed E-state index contributed by atoms with van der Waals surface area (Å²) in [5.41, 5.74) is 0.918. The highest BCUT2D eigenvalue weighted by atomic mass is 32.2. The van der Waals surface area contributed by atoms with Crippen LogP contribution in [0.1, 0.15) is 37.8 Å². The van der Waals surface area contributed by atoms with Crippen molar-refractivity contribution in [2.24, 2.45) is 0 Å². The van der Waals surface area contributed by atoms with Gasteiger partial charge in [0.15, 0.2) is 0 Å². The van der Waals surface area contributed by atoms with E-state index >= 15 is 0 Å². The van der Waals surface area contributed by atoms with Crippen LogP contribution in [0.5, 0.6) is 0 Å². The predicted octanol–water partition coefficient (Wildman–Crippen LogP) is 2.69. The van der Waals surface area contributed by atoms with Crippen LogP contribution >= 0.6 is 11.8 Å². The number of nitrogens with one attached hydrogen (secondary N) is 2. The van der Waals surface area contributed by atoms with Gasteiger partial charge in [0.25, 0.3) is 0 Å². The summed E-state index contributed by atoms with van der Waals surface area (Å²) in [4.78, 5) is 12.1. The second-order valence-corrected chi connectivity index (χ2v) is 6.93. The number of rotatable bonds is 6. The number of carbonyl (C=O) groups is 1. The first-order chi connectivity index (χ1) is 10.2. The lowest BCUT2D eigenvalue weighted by Gasteiger charge is -2.19. The second-order valence-electron chi connectivity index (χ2n) is 5.35. The molecule has 0 radical (unpaired) electrons. The van der Waals surface area contributed by atoms with E-state index in [0.29, 0.717) is 5.25 Å². The number of aliphatic hydroxyl groups excluding tert-OH is 1. The molecule has 0 heterocycles. The molecule has 0 unspecified atom stereocenters. The quantitative estimate of drug-likeness (QED) is 0.757. The van der Waals surface area contributed by atoms with Crippen LogP contribution < -0.4 is 10.6 Å². The molecule has 1 aliphatic carbocycles. The van der Waals surface area contributed by atoms with Crippen molar-refractivity contribution in [2.45, 2.75) is 43.5 Å². The first kappa shape index (κ1) is 16.2. The van der Waals surface area contributed by atoms with Gasteiger partial charge in [0, 0.05) is 11.3 Å². The van der Waals surface area contributed by atoms with Crippen LogP contribution in [0, 0.1) is 0 Å². The number of amides is 2. The molecule has 2 rings (SSSR count). The zero-order valence-electron chi connectivity index (χ0n) is 12.4. The number of aliphatic hydroxyl groups is 1. The maximum atomic E-state index is 12.1. The van der Waals surface area contributed by atoms with Gasteiger partial charge in [-0.1, -0.05) is 37.3 Å². The minimum atomic E-state index is -0.353. The molecular weight excluding hydrogens is 284 g/mol. The minimum Gasteiger partial charge on any atom is -0.394 e. The number of hydrogen-bond acceptors (Lipinski definition) is 3. The molecule has 1 fully saturated rings. The average molecular weight is 308 g/mol. The maximum Gasteiger partial charge on any atom is 0.315 e. The van der Waals surface area contributed by atoms with Gasteiger partial charge in [0.2, 0.25) is 0 Å². The lowest BCUT2D eigenvalue weighted by molar-refractivity contribution is 0.214. The Labute approximate surface area is 130 Å². The van der Waals surface area contributed by atoms with Crippen LogP contribution in [0.2, 0.25) is 0 Å². The summed E-state index contributed by atoms with van der Waals surface area (Å²) in [6.45, 7) is 2.07. The Morgan fingerprint density at radius 3 is 2.81 bits per heavy atom. The molecule has 4 nitrogen and oxygen atoms in total. The number of urea groups is 1. The fraction of sp³-hybridized carbons (Fsp3) is 0.562. The fourth-order valence-corrected chi connectivity index (χ4v) is 3.91. The first-order valence-electron chi connectivity index (χ1n) is 7.57. The van der Waals surface area contributed by atoms with Crippen LogP contribution in [-0.2, 0) is 0 Å². The standard InChI is InChI=1S/C16H24N2O2S/c1-2-21-14-9-8-13(10-14)17-16(20)18-15(11-19)12-6-4-3-5-7-12/h3-7,13-15,19H,2,8-11H2,1H3,(H2,17,18,20)/t13-,14-,15-/m1/s1. The third-order valence-electron chi connectivity index (χ3n) is 3.81. The summed E-state index contributed by atoms with van der Waals surface area (Å²) in [6.07, 6.45) is 3.26. The summed E-state index contributed by atoms with van der Waals surface area (Å²) < 4.78 is 0. The highest BCUT2D eigenvalue weighted by molar-refractivity contribution is 7.99. The number of hydrogen-bond donors (Lipinski definition) is 3. The molecule has 3 N–H and O–H groups in total. The molecular formula is C16H24N2O2S. The maximum absolute atomic E-state index is 12.1. The van der Waals surface area contributed by atoms with Gasteiger partial charge in [-0.15, -0.1) is 0 Å². The van der Waals surface area contributed by atoms with Crippen LogP contribution in [0.25, 0.3) is 0 Å². The molecule has 116 valence electrons. The third-order valence-corrected chi connectivity index (χ3v) is 5.04. The van der Waals surface area contributed by atoms with Crippen molar-refractivity contribution in [3.8, 4) is 0 Å². The lowest BCUT2D eigenvalue weighted by atomic mass is 10.1. The average Bonchev–Trinajstić information content (AvgIpc) is 2.93. The van der Waals surface area contributed by atoms with Crippen LogP contribution in [-0.4, -0.2) is 34.8 Å². The van der Waals surface area contributed by atoms with E-state index in [2.05, 4.69) is 17.6 Å². The van der Waals surface area contributed by atoms with Crippen LogP contribution in [0.4, 0.5) is 4.79 Å². The second kappa shape index (κ2) is 8.29. The van der Waals surface area contributed by atoms with Crippen molar-refractivity contribution in [1.82, 2.24) is 10.6 Å². The van der Waals surface area contributed by atoms with Crippen LogP contribution in [0.15, 0.2) is 30.3 Å². The molecule has 0 saturated heterocycles. The fourth-order valence-electron chi connectivity index (χ4n) is 2.76. The Morgan fingerprint density at radius 1 is 1.38 bits per heavy atom. The first-order valence-corrected chi connectivity index (χ1v) is 8.62. The van der Waals surface area contributed by atoms with E-state index in [-0.39, 0.29) is 24.7 Å². The molecule has 1 aliphatic rings. The molecule has 0 bridgehead atoms. The van der Waals surface area contributed by atoms with Crippen LogP contribution in [0.3, 0.4) is 0 Å². The summed E-state index contributed by atoms with van der Waals surface area (Å²) in [5, 5.41) is 16.0. The highest BCUT2D eigenvalue weighted by Gasteiger charge is 2.26. The smallest absolute Gasteiger partial charge is 0.315 e. The number of carbonyl (C=O) groups excluding carboxylic acids is 1. The van der Waals surface area contributed by atoms with Gasteiger partial charge in [0.1, 0.15) is 0 Å². The van der Waals surface area contributed by atoms with Crippen molar-refractivity contribution in [1.29, 1.82) is 0 Å². The van der Waals surface area contributed by atoms with E-state index in [1.807, 2.05) is 42.1 Å². The van der Waals surface area contributed by atoms with Gasteiger partial charge in [-0.05, 0) is 30.6 Å². The Bertz CT molecular complexity index is 441. The van der Waals surface area contributed by atoms with Crippen molar-refractivity contribution < 1.29 is 9.90 Å². The molecule has 5 heteroatoms. The van der Waals surface area contributed by atoms with E-state index < -0.39 is 0 Å². The van der Waals surface area contributed by atoms with Gasteiger partial charge in [-0.25, -0.2) is 4.79 Å². The van der Waals surface area contributed by atoms with E-state index in [4.69, 9.17) is 0 Å². The van der Waals surface area contributed by atoms with Gasteiger partial charge in [-0.2, -0.15) is 11.8 Å². The largest absolute Gasteiger partial charge is 0.394 e. The molecule has 1 aromatic rings. The molecule has 0 aromatic heterocycles. The van der Waals surface area contributed by atoms with E-state index in [1.54, 1.807) is 0 Å². The summed E-state index contributed by atoms with van der Waals surface area (Å²) >= 11 is 1.97. The minimum absolute atomic E-state index is 0.101. The van der Waals surface area contributed by atoms with Crippen molar-refractivity contribution in [3.05, 3.63) is 35.9 Å². The third kappa shape index (κ3) is 4.93. The Hall–Kier alpha value is -1.20. The van der Waals surface area contributed by atoms with Crippen molar-refractivity contribution in [3.63, 3.8) is 0 Å². The van der Waals surface area contributed by atoms with Crippen molar-refractivity contribution >= 4 is 17.8 Å². The molecule has 0 aliphatic heterocycles. The molecule has 1 saturated carbocycles.